The second kappa shape index (κ2) is 9.45. The van der Waals surface area contributed by atoms with E-state index in [1.165, 1.54) is 6.07 Å². The summed E-state index contributed by atoms with van der Waals surface area (Å²) < 4.78 is 0. The molecule has 1 aromatic rings. The van der Waals surface area contributed by atoms with Crippen molar-refractivity contribution in [1.82, 2.24) is 4.90 Å². The Morgan fingerprint density at radius 2 is 1.86 bits per heavy atom. The average Bonchev–Trinajstić information content (AvgIpc) is 2.81. The molecule has 0 radical (unpaired) electrons. The van der Waals surface area contributed by atoms with Crippen LogP contribution >= 0.6 is 11.6 Å². The number of phenolic OH excluding ortho intramolecular Hbond substituents is 1. The van der Waals surface area contributed by atoms with Crippen molar-refractivity contribution in [3.05, 3.63) is 50.4 Å². The Labute approximate surface area is 220 Å². The number of fused-ring (bicyclic) bond motifs is 3. The summed E-state index contributed by atoms with van der Waals surface area (Å²) in [5.74, 6) is -6.16. The minimum Gasteiger partial charge on any atom is -0.511 e. The summed E-state index contributed by atoms with van der Waals surface area (Å²) in [6.45, 7) is 9.63. The molecule has 9 nitrogen and oxygen atoms in total. The van der Waals surface area contributed by atoms with Gasteiger partial charge in [0, 0.05) is 35.5 Å². The Kier molecular flexibility index (Phi) is 6.94. The van der Waals surface area contributed by atoms with Crippen LogP contribution in [0.4, 0.5) is 0 Å². The first kappa shape index (κ1) is 27.2. The maximum Gasteiger partial charge on any atom is 0.255 e. The van der Waals surface area contributed by atoms with Crippen LogP contribution in [-0.4, -0.2) is 61.0 Å². The van der Waals surface area contributed by atoms with Gasteiger partial charge in [-0.1, -0.05) is 32.4 Å². The lowest BCUT2D eigenvalue weighted by Gasteiger charge is -2.45. The van der Waals surface area contributed by atoms with Gasteiger partial charge in [0.05, 0.1) is 5.56 Å². The van der Waals surface area contributed by atoms with Crippen LogP contribution in [0.25, 0.3) is 0 Å². The van der Waals surface area contributed by atoms with E-state index in [0.29, 0.717) is 28.6 Å². The number of nitrogens with zero attached hydrogens (tertiary/aromatic N) is 1. The number of Topliss-reactive ketones (excluding diaryl/α,β-unsaturated/α-hetero) is 2. The molecule has 3 aliphatic carbocycles. The highest BCUT2D eigenvalue weighted by atomic mass is 35.5. The van der Waals surface area contributed by atoms with E-state index < -0.39 is 52.0 Å². The minimum absolute atomic E-state index is 0.0652. The van der Waals surface area contributed by atoms with Crippen molar-refractivity contribution in [1.29, 1.82) is 0 Å². The van der Waals surface area contributed by atoms with Crippen molar-refractivity contribution in [3.63, 3.8) is 0 Å². The average molecular weight is 533 g/mol. The number of phenols is 1. The number of benzene rings is 1. The fourth-order valence-electron chi connectivity index (χ4n) is 6.02. The van der Waals surface area contributed by atoms with E-state index >= 15 is 0 Å². The van der Waals surface area contributed by atoms with Crippen molar-refractivity contribution in [3.8, 4) is 5.75 Å². The number of rotatable bonds is 6. The van der Waals surface area contributed by atoms with Crippen LogP contribution in [0.2, 0.25) is 5.02 Å². The molecule has 0 bridgehead atoms. The summed E-state index contributed by atoms with van der Waals surface area (Å²) in [6, 6.07) is 1.70. The van der Waals surface area contributed by atoms with E-state index in [1.54, 1.807) is 0 Å². The second-order valence-corrected chi connectivity index (χ2v) is 11.1. The Balaban J connectivity index is 1.80. The van der Waals surface area contributed by atoms with E-state index in [4.69, 9.17) is 17.3 Å². The maximum atomic E-state index is 13.6. The molecule has 0 heterocycles. The molecule has 3 aliphatic rings. The van der Waals surface area contributed by atoms with Gasteiger partial charge in [0.25, 0.3) is 5.91 Å². The summed E-state index contributed by atoms with van der Waals surface area (Å²) >= 11 is 6.81. The molecule has 200 valence electrons. The van der Waals surface area contributed by atoms with E-state index in [2.05, 4.69) is 25.7 Å². The number of amides is 1. The third kappa shape index (κ3) is 4.04. The van der Waals surface area contributed by atoms with Crippen LogP contribution in [0.3, 0.4) is 0 Å². The standard InChI is InChI=1S/C27H33ClN2O7/c1-5-30(12(4)11(2)3)10-14-8-17(31)20-16(22(14)28)7-13-6-15-9-18(32)21(26(29)36)25(35)27(15,37)24(34)19(13)23(20)33/h8,11-13,15,31-32,34,37H,5-7,9-10H2,1-4H3,(H2,29,36)/t12-,13?,15+,27+/m1/s1. The van der Waals surface area contributed by atoms with Crippen molar-refractivity contribution in [2.45, 2.75) is 65.1 Å². The third-order valence-electron chi connectivity index (χ3n) is 8.39. The Hall–Kier alpha value is -2.88. The van der Waals surface area contributed by atoms with Crippen LogP contribution < -0.4 is 5.73 Å². The number of aliphatic hydroxyl groups excluding tert-OH is 2. The Morgan fingerprint density at radius 3 is 2.43 bits per heavy atom. The summed E-state index contributed by atoms with van der Waals surface area (Å²) in [5.41, 5.74) is 2.69. The first-order chi connectivity index (χ1) is 17.2. The van der Waals surface area contributed by atoms with E-state index in [-0.39, 0.29) is 42.2 Å². The van der Waals surface area contributed by atoms with Crippen LogP contribution in [0, 0.1) is 17.8 Å². The summed E-state index contributed by atoms with van der Waals surface area (Å²) in [5, 5.41) is 44.0. The maximum absolute atomic E-state index is 13.6. The number of halogens is 1. The smallest absolute Gasteiger partial charge is 0.255 e. The fraction of sp³-hybridized carbons (Fsp3) is 0.519. The van der Waals surface area contributed by atoms with Gasteiger partial charge in [-0.15, -0.1) is 0 Å². The zero-order valence-electron chi connectivity index (χ0n) is 21.3. The van der Waals surface area contributed by atoms with E-state index in [1.807, 2.05) is 6.92 Å². The number of nitrogens with two attached hydrogens (primary N) is 1. The van der Waals surface area contributed by atoms with Crippen molar-refractivity contribution >= 4 is 29.1 Å². The number of allylic oxidation sites excluding steroid dienone is 2. The molecule has 1 aromatic carbocycles. The van der Waals surface area contributed by atoms with Gasteiger partial charge < -0.3 is 26.2 Å². The highest BCUT2D eigenvalue weighted by molar-refractivity contribution is 6.33. The molecule has 0 spiro atoms. The van der Waals surface area contributed by atoms with Crippen LogP contribution in [-0.2, 0) is 22.6 Å². The molecule has 0 aromatic heterocycles. The second-order valence-electron chi connectivity index (χ2n) is 10.7. The normalized spacial score (nSPS) is 26.4. The number of aliphatic hydroxyl groups is 3. The highest BCUT2D eigenvalue weighted by Gasteiger charge is 2.59. The first-order valence-corrected chi connectivity index (χ1v) is 12.9. The molecule has 4 atom stereocenters. The number of carbonyl (C=O) groups excluding carboxylic acids is 3. The summed E-state index contributed by atoms with van der Waals surface area (Å²) in [6.07, 6.45) is -0.0246. The largest absolute Gasteiger partial charge is 0.511 e. The number of aromatic hydroxyl groups is 1. The van der Waals surface area contributed by atoms with Gasteiger partial charge in [0.1, 0.15) is 22.8 Å². The lowest BCUT2D eigenvalue weighted by molar-refractivity contribution is -0.144. The minimum atomic E-state index is -2.58. The van der Waals surface area contributed by atoms with Gasteiger partial charge in [-0.25, -0.2) is 0 Å². The third-order valence-corrected chi connectivity index (χ3v) is 8.86. The zero-order chi connectivity index (χ0) is 27.6. The van der Waals surface area contributed by atoms with Gasteiger partial charge >= 0.3 is 0 Å². The van der Waals surface area contributed by atoms with E-state index in [9.17, 15) is 34.8 Å². The van der Waals surface area contributed by atoms with Gasteiger partial charge in [-0.2, -0.15) is 0 Å². The van der Waals surface area contributed by atoms with Gasteiger partial charge in [-0.05, 0) is 55.3 Å². The first-order valence-electron chi connectivity index (χ1n) is 12.5. The molecule has 6 N–H and O–H groups in total. The molecule has 0 saturated carbocycles. The van der Waals surface area contributed by atoms with Crippen LogP contribution in [0.15, 0.2) is 28.7 Å². The SMILES string of the molecule is CCN(Cc1cc(O)c2c(c1Cl)CC1C[C@H]3CC(O)=C(C(N)=O)C(=O)[C@@]3(O)C(O)=C1C2=O)[C@H](C)C(C)C. The van der Waals surface area contributed by atoms with E-state index in [0.717, 1.165) is 6.54 Å². The molecule has 0 aliphatic heterocycles. The van der Waals surface area contributed by atoms with Crippen molar-refractivity contribution < 1.29 is 34.8 Å². The molecule has 1 unspecified atom stereocenters. The monoisotopic (exact) mass is 532 g/mol. The Bertz CT molecular complexity index is 1270. The predicted molar refractivity (Wildman–Crippen MR) is 136 cm³/mol. The highest BCUT2D eigenvalue weighted by Crippen LogP contribution is 2.52. The van der Waals surface area contributed by atoms with Crippen LogP contribution in [0.5, 0.6) is 5.75 Å². The molecular weight excluding hydrogens is 500 g/mol. The molecule has 0 saturated heterocycles. The van der Waals surface area contributed by atoms with Gasteiger partial charge in [0.2, 0.25) is 5.78 Å². The number of ketones is 2. The number of hydrogen-bond acceptors (Lipinski definition) is 8. The van der Waals surface area contributed by atoms with Gasteiger partial charge in [0.15, 0.2) is 11.4 Å². The quantitative estimate of drug-likeness (QED) is 0.349. The lowest BCUT2D eigenvalue weighted by atomic mass is 9.60. The van der Waals surface area contributed by atoms with Crippen molar-refractivity contribution in [2.24, 2.45) is 23.5 Å². The molecule has 4 rings (SSSR count). The number of hydrogen-bond donors (Lipinski definition) is 5. The lowest BCUT2D eigenvalue weighted by Crippen LogP contribution is -2.57. The fourth-order valence-corrected chi connectivity index (χ4v) is 6.31. The zero-order valence-corrected chi connectivity index (χ0v) is 22.1. The molecule has 10 heteroatoms. The van der Waals surface area contributed by atoms with Crippen LogP contribution in [0.1, 0.15) is 62.0 Å². The molecular formula is C27H33ClN2O7. The topological polar surface area (TPSA) is 161 Å². The van der Waals surface area contributed by atoms with Crippen molar-refractivity contribution in [2.75, 3.05) is 6.54 Å². The number of carbonyl (C=O) groups is 3. The summed E-state index contributed by atoms with van der Waals surface area (Å²) in [7, 11) is 0. The summed E-state index contributed by atoms with van der Waals surface area (Å²) in [4.78, 5) is 40.6. The predicted octanol–water partition coefficient (Wildman–Crippen LogP) is 3.10. The van der Waals surface area contributed by atoms with Gasteiger partial charge in [-0.3, -0.25) is 19.3 Å². The molecule has 0 fully saturated rings. The number of primary amides is 1. The Morgan fingerprint density at radius 1 is 1.22 bits per heavy atom. The molecule has 1 amide bonds. The molecule has 37 heavy (non-hydrogen) atoms.